The predicted molar refractivity (Wildman–Crippen MR) is 126 cm³/mol. The van der Waals surface area contributed by atoms with Crippen LogP contribution in [0.15, 0.2) is 0 Å². The topological polar surface area (TPSA) is 43.5 Å². The first-order chi connectivity index (χ1) is 14.7. The smallest absolute Gasteiger partial charge is 0.156 e. The predicted octanol–water partition coefficient (Wildman–Crippen LogP) is 4.16. The van der Waals surface area contributed by atoms with Gasteiger partial charge in [0.1, 0.15) is 24.6 Å². The van der Waals surface area contributed by atoms with E-state index in [1.807, 2.05) is 0 Å². The van der Waals surface area contributed by atoms with Gasteiger partial charge in [-0.2, -0.15) is 0 Å². The van der Waals surface area contributed by atoms with Crippen LogP contribution in [-0.4, -0.2) is 52.0 Å². The highest BCUT2D eigenvalue weighted by Gasteiger charge is 2.44. The molecule has 2 heterocycles. The molecule has 1 radical (unpaired) electrons. The molecule has 1 aliphatic carbocycles. The van der Waals surface area contributed by atoms with Crippen LogP contribution in [0, 0.1) is 51.4 Å². The average molecular weight is 427 g/mol. The van der Waals surface area contributed by atoms with Crippen LogP contribution in [0.1, 0.15) is 49.9 Å². The number of hydrogen-bond acceptors (Lipinski definition) is 4. The van der Waals surface area contributed by atoms with Gasteiger partial charge in [-0.3, -0.25) is 0 Å². The summed E-state index contributed by atoms with van der Waals surface area (Å²) in [5.74, 6) is 3.76. The van der Waals surface area contributed by atoms with E-state index >= 15 is 0 Å². The van der Waals surface area contributed by atoms with Crippen molar-refractivity contribution in [2.75, 3.05) is 26.4 Å². The van der Waals surface area contributed by atoms with Crippen molar-refractivity contribution in [1.29, 1.82) is 0 Å². The van der Waals surface area contributed by atoms with E-state index in [1.165, 1.54) is 27.7 Å². The second-order valence-corrected chi connectivity index (χ2v) is 10.4. The molecule has 0 amide bonds. The fraction of sp³-hybridized carbons (Fsp3) is 0.769. The zero-order valence-corrected chi connectivity index (χ0v) is 20.7. The maximum atomic E-state index is 6.36. The summed E-state index contributed by atoms with van der Waals surface area (Å²) in [5.41, 5.74) is 6.62. The van der Waals surface area contributed by atoms with Crippen LogP contribution in [-0.2, 0) is 14.2 Å². The van der Waals surface area contributed by atoms with E-state index in [9.17, 15) is 0 Å². The van der Waals surface area contributed by atoms with Crippen LogP contribution in [0.3, 0.4) is 0 Å². The van der Waals surface area contributed by atoms with Gasteiger partial charge in [0, 0.05) is 0 Å². The van der Waals surface area contributed by atoms with E-state index in [0.717, 1.165) is 25.6 Å². The highest BCUT2D eigenvalue weighted by Crippen LogP contribution is 2.47. The minimum Gasteiger partial charge on any atom is -0.490 e. The zero-order valence-electron chi connectivity index (χ0n) is 20.7. The van der Waals surface area contributed by atoms with Crippen LogP contribution >= 0.6 is 0 Å². The highest BCUT2D eigenvalue weighted by molar-refractivity contribution is 6.56. The lowest BCUT2D eigenvalue weighted by molar-refractivity contribution is -0.0776. The molecule has 1 saturated carbocycles. The Morgan fingerprint density at radius 2 is 1.23 bits per heavy atom. The van der Waals surface area contributed by atoms with E-state index in [0.29, 0.717) is 48.3 Å². The molecule has 0 spiro atoms. The normalized spacial score (nSPS) is 36.9. The molecule has 4 rings (SSSR count). The summed E-state index contributed by atoms with van der Waals surface area (Å²) in [4.78, 5) is 0. The van der Waals surface area contributed by atoms with Crippen molar-refractivity contribution in [3.63, 3.8) is 0 Å². The Morgan fingerprint density at radius 1 is 0.742 bits per heavy atom. The van der Waals surface area contributed by atoms with E-state index in [1.54, 1.807) is 0 Å². The molecular weight excluding hydrogens is 387 g/mol. The summed E-state index contributed by atoms with van der Waals surface area (Å²) in [6.07, 6.45) is 0.918. The Hall–Kier alpha value is -1.04. The molecule has 6 unspecified atom stereocenters. The number of rotatable bonds is 8. The molecule has 4 nitrogen and oxygen atoms in total. The number of benzene rings is 1. The molecule has 5 heteroatoms. The molecule has 31 heavy (non-hydrogen) atoms. The lowest BCUT2D eigenvalue weighted by Crippen LogP contribution is -2.48. The van der Waals surface area contributed by atoms with Gasteiger partial charge in [0.05, 0.1) is 25.9 Å². The van der Waals surface area contributed by atoms with Gasteiger partial charge in [-0.05, 0) is 62.5 Å². The van der Waals surface area contributed by atoms with Gasteiger partial charge in [0.25, 0.3) is 0 Å². The first-order valence-corrected chi connectivity index (χ1v) is 12.1. The van der Waals surface area contributed by atoms with Crippen molar-refractivity contribution in [1.82, 2.24) is 0 Å². The Kier molecular flexibility index (Phi) is 6.77. The zero-order chi connectivity index (χ0) is 22.4. The quantitative estimate of drug-likeness (QED) is 0.462. The lowest BCUT2D eigenvalue weighted by atomic mass is 9.43. The Morgan fingerprint density at radius 3 is 1.71 bits per heavy atom. The van der Waals surface area contributed by atoms with Gasteiger partial charge in [0.15, 0.2) is 7.28 Å². The third kappa shape index (κ3) is 4.70. The van der Waals surface area contributed by atoms with Crippen LogP contribution in [0.25, 0.3) is 0 Å². The largest absolute Gasteiger partial charge is 0.490 e. The molecule has 1 aromatic carbocycles. The minimum atomic E-state index is 0.277. The third-order valence-corrected chi connectivity index (χ3v) is 8.58. The molecule has 0 N–H and O–H groups in total. The number of ether oxygens (including phenoxy) is 4. The van der Waals surface area contributed by atoms with Gasteiger partial charge < -0.3 is 18.9 Å². The molecule has 2 saturated heterocycles. The summed E-state index contributed by atoms with van der Waals surface area (Å²) < 4.78 is 23.2. The van der Waals surface area contributed by atoms with Crippen molar-refractivity contribution >= 4 is 12.7 Å². The first-order valence-electron chi connectivity index (χ1n) is 12.1. The van der Waals surface area contributed by atoms with E-state index in [-0.39, 0.29) is 6.10 Å². The summed E-state index contributed by atoms with van der Waals surface area (Å²) in [7, 11) is 2.57. The van der Waals surface area contributed by atoms with Crippen molar-refractivity contribution < 1.29 is 18.9 Å². The fourth-order valence-electron chi connectivity index (χ4n) is 5.55. The number of epoxide rings is 2. The van der Waals surface area contributed by atoms with Gasteiger partial charge in [-0.25, -0.2) is 0 Å². The molecule has 2 aliphatic heterocycles. The maximum Gasteiger partial charge on any atom is 0.156 e. The summed E-state index contributed by atoms with van der Waals surface area (Å²) >= 11 is 0. The van der Waals surface area contributed by atoms with Crippen LogP contribution in [0.5, 0.6) is 5.75 Å². The molecule has 0 bridgehead atoms. The summed E-state index contributed by atoms with van der Waals surface area (Å²) in [5, 5.41) is 0. The standard InChI is InChI=1S/C26H40BO4/c1-13-17(5)25(30-11-21-9-28-21)18(6)14(2)23(13)27-24-15(3)19(7)26(20(8)16(24)4)31-12-22-10-29-22/h13-14,17-18,21-23,25H,9-12H2,1-8H3. The second-order valence-electron chi connectivity index (χ2n) is 10.4. The first kappa shape index (κ1) is 23.1. The van der Waals surface area contributed by atoms with E-state index < -0.39 is 0 Å². The van der Waals surface area contributed by atoms with Gasteiger partial charge in [0.2, 0.25) is 0 Å². The van der Waals surface area contributed by atoms with E-state index in [2.05, 4.69) is 62.7 Å². The van der Waals surface area contributed by atoms with Crippen molar-refractivity contribution in [2.45, 2.75) is 79.5 Å². The monoisotopic (exact) mass is 427 g/mol. The van der Waals surface area contributed by atoms with Crippen LogP contribution in [0.4, 0.5) is 0 Å². The molecule has 6 atom stereocenters. The van der Waals surface area contributed by atoms with Gasteiger partial charge in [-0.15, -0.1) is 0 Å². The van der Waals surface area contributed by atoms with Gasteiger partial charge >= 0.3 is 0 Å². The molecule has 3 fully saturated rings. The Balaban J connectivity index is 1.53. The SMILES string of the molecule is Cc1c(C)c(OCC2CO2)c(C)c(C)c1[B]C1C(C)C(C)C(OCC2CO2)C(C)C1C. The third-order valence-electron chi connectivity index (χ3n) is 8.58. The fourth-order valence-corrected chi connectivity index (χ4v) is 5.55. The second kappa shape index (κ2) is 9.07. The molecule has 0 aromatic heterocycles. The summed E-state index contributed by atoms with van der Waals surface area (Å²) in [6.45, 7) is 21.6. The molecule has 1 aromatic rings. The average Bonchev–Trinajstić information content (AvgIpc) is 3.65. The van der Waals surface area contributed by atoms with Crippen molar-refractivity contribution in [3.8, 4) is 5.75 Å². The van der Waals surface area contributed by atoms with Crippen LogP contribution < -0.4 is 10.2 Å². The summed E-state index contributed by atoms with van der Waals surface area (Å²) in [6, 6.07) is 0. The molecule has 3 aliphatic rings. The van der Waals surface area contributed by atoms with Gasteiger partial charge in [-0.1, -0.05) is 50.1 Å². The Bertz CT molecular complexity index is 756. The van der Waals surface area contributed by atoms with E-state index in [4.69, 9.17) is 18.9 Å². The lowest BCUT2D eigenvalue weighted by Gasteiger charge is -2.48. The van der Waals surface area contributed by atoms with Crippen molar-refractivity contribution in [3.05, 3.63) is 22.3 Å². The Labute approximate surface area is 189 Å². The molecule has 171 valence electrons. The van der Waals surface area contributed by atoms with Crippen LogP contribution in [0.2, 0.25) is 5.82 Å². The number of hydrogen-bond donors (Lipinski definition) is 0. The minimum absolute atomic E-state index is 0.277. The maximum absolute atomic E-state index is 6.36. The van der Waals surface area contributed by atoms with Crippen molar-refractivity contribution in [2.24, 2.45) is 23.7 Å². The molecular formula is C26H40BO4. The highest BCUT2D eigenvalue weighted by atomic mass is 16.6.